The largest absolute Gasteiger partial charge is 0.455 e. The molecule has 0 N–H and O–H groups in total. The fourth-order valence-electron chi connectivity index (χ4n) is 9.13. The van der Waals surface area contributed by atoms with E-state index < -0.39 is 0 Å². The number of hydrogen-bond donors (Lipinski definition) is 0. The molecule has 54 heavy (non-hydrogen) atoms. The highest BCUT2D eigenvalue weighted by molar-refractivity contribution is 7.26. The Bertz CT molecular complexity index is 3440. The molecule has 2 heterocycles. The molecule has 2 aromatic heterocycles. The van der Waals surface area contributed by atoms with Gasteiger partial charge in [0.1, 0.15) is 11.2 Å². The maximum absolute atomic E-state index is 7.10. The summed E-state index contributed by atoms with van der Waals surface area (Å²) < 4.78 is 9.64. The standard InChI is InChI=1S/C52H30OS/c1-2-15-32(16-3-1)47-37-21-8-10-23-39(37)48(40-24-11-9-22-38(40)47)41-28-29-42(35-19-7-6-18-34(35)41)49-51-44(30-45-36-20-12-13-25-46(36)54-52(45)49)43-27-26-31-14-4-5-17-33(31)50(43)53-51/h1-30H. The van der Waals surface area contributed by atoms with Crippen LogP contribution in [0.1, 0.15) is 0 Å². The molecule has 0 radical (unpaired) electrons. The van der Waals surface area contributed by atoms with Crippen LogP contribution < -0.4 is 0 Å². The van der Waals surface area contributed by atoms with Gasteiger partial charge in [0.15, 0.2) is 0 Å². The molecule has 0 aliphatic rings. The van der Waals surface area contributed by atoms with Crippen LogP contribution >= 0.6 is 11.3 Å². The zero-order valence-electron chi connectivity index (χ0n) is 29.1. The average molecular weight is 703 g/mol. The van der Waals surface area contributed by atoms with Crippen molar-refractivity contribution in [3.05, 3.63) is 182 Å². The molecule has 0 amide bonds. The van der Waals surface area contributed by atoms with Gasteiger partial charge in [-0.1, -0.05) is 164 Å². The quantitative estimate of drug-likeness (QED) is 0.167. The number of rotatable bonds is 3. The fraction of sp³-hybridized carbons (Fsp3) is 0. The van der Waals surface area contributed by atoms with Crippen molar-refractivity contribution in [3.63, 3.8) is 0 Å². The van der Waals surface area contributed by atoms with E-state index in [0.717, 1.165) is 27.3 Å². The average Bonchev–Trinajstić information content (AvgIpc) is 3.80. The van der Waals surface area contributed by atoms with Gasteiger partial charge in [0, 0.05) is 41.9 Å². The number of hydrogen-bond acceptors (Lipinski definition) is 2. The van der Waals surface area contributed by atoms with E-state index in [-0.39, 0.29) is 0 Å². The molecule has 12 aromatic rings. The van der Waals surface area contributed by atoms with Gasteiger partial charge in [-0.2, -0.15) is 0 Å². The van der Waals surface area contributed by atoms with Crippen LogP contribution in [-0.2, 0) is 0 Å². The highest BCUT2D eigenvalue weighted by Gasteiger charge is 2.24. The smallest absolute Gasteiger partial charge is 0.144 e. The first-order chi connectivity index (χ1) is 26.8. The Morgan fingerprint density at radius 2 is 0.852 bits per heavy atom. The lowest BCUT2D eigenvalue weighted by Crippen LogP contribution is -1.92. The molecule has 0 aliphatic carbocycles. The van der Waals surface area contributed by atoms with Gasteiger partial charge in [-0.05, 0) is 83.7 Å². The van der Waals surface area contributed by atoms with E-state index >= 15 is 0 Å². The summed E-state index contributed by atoms with van der Waals surface area (Å²) in [6.45, 7) is 0. The van der Waals surface area contributed by atoms with E-state index in [4.69, 9.17) is 4.42 Å². The van der Waals surface area contributed by atoms with Gasteiger partial charge in [0.25, 0.3) is 0 Å². The number of fused-ring (bicyclic) bond motifs is 11. The third kappa shape index (κ3) is 4.14. The molecule has 0 bridgehead atoms. The third-order valence-electron chi connectivity index (χ3n) is 11.5. The molecule has 1 nitrogen and oxygen atoms in total. The summed E-state index contributed by atoms with van der Waals surface area (Å²) in [7, 11) is 0. The Hall–Kier alpha value is -6.74. The van der Waals surface area contributed by atoms with Crippen LogP contribution in [0.15, 0.2) is 186 Å². The zero-order valence-corrected chi connectivity index (χ0v) is 30.0. The summed E-state index contributed by atoms with van der Waals surface area (Å²) in [5.74, 6) is 0. The lowest BCUT2D eigenvalue weighted by molar-refractivity contribution is 0.674. The van der Waals surface area contributed by atoms with E-state index in [1.54, 1.807) is 0 Å². The highest BCUT2D eigenvalue weighted by atomic mass is 32.1. The van der Waals surface area contributed by atoms with Gasteiger partial charge < -0.3 is 4.42 Å². The van der Waals surface area contributed by atoms with Crippen molar-refractivity contribution in [1.82, 2.24) is 0 Å². The van der Waals surface area contributed by atoms with E-state index in [1.807, 2.05) is 11.3 Å². The summed E-state index contributed by atoms with van der Waals surface area (Å²) in [6.07, 6.45) is 0. The van der Waals surface area contributed by atoms with Crippen LogP contribution in [0.4, 0.5) is 0 Å². The molecule has 0 fully saturated rings. The van der Waals surface area contributed by atoms with Gasteiger partial charge >= 0.3 is 0 Å². The van der Waals surface area contributed by atoms with Gasteiger partial charge in [-0.25, -0.2) is 0 Å². The monoisotopic (exact) mass is 702 g/mol. The Kier molecular flexibility index (Phi) is 6.28. The normalized spacial score (nSPS) is 12.1. The Balaban J connectivity index is 1.21. The second-order valence-electron chi connectivity index (χ2n) is 14.3. The molecule has 2 heteroatoms. The first-order valence-electron chi connectivity index (χ1n) is 18.5. The van der Waals surface area contributed by atoms with Crippen LogP contribution in [0.5, 0.6) is 0 Å². The van der Waals surface area contributed by atoms with Crippen molar-refractivity contribution >= 4 is 96.5 Å². The van der Waals surface area contributed by atoms with Crippen molar-refractivity contribution in [1.29, 1.82) is 0 Å². The maximum atomic E-state index is 7.10. The van der Waals surface area contributed by atoms with Crippen LogP contribution in [0, 0.1) is 0 Å². The van der Waals surface area contributed by atoms with E-state index in [1.165, 1.54) is 91.3 Å². The first kappa shape index (κ1) is 29.8. The van der Waals surface area contributed by atoms with Crippen molar-refractivity contribution < 1.29 is 4.42 Å². The maximum Gasteiger partial charge on any atom is 0.144 e. The SMILES string of the molecule is c1ccc(-c2c3ccccc3c(-c3ccc(-c4c5oc6c7ccccc7ccc6c5cc5c4sc4ccccc45)c4ccccc34)c3ccccc23)cc1. The van der Waals surface area contributed by atoms with Crippen molar-refractivity contribution in [2.75, 3.05) is 0 Å². The number of furan rings is 1. The van der Waals surface area contributed by atoms with Gasteiger partial charge in [-0.3, -0.25) is 0 Å². The van der Waals surface area contributed by atoms with Gasteiger partial charge in [0.05, 0.1) is 0 Å². The van der Waals surface area contributed by atoms with Crippen LogP contribution in [-0.4, -0.2) is 0 Å². The summed E-state index contributed by atoms with van der Waals surface area (Å²) in [5, 5.41) is 14.7. The summed E-state index contributed by atoms with van der Waals surface area (Å²) in [6, 6.07) is 66.6. The van der Waals surface area contributed by atoms with Crippen molar-refractivity contribution in [2.45, 2.75) is 0 Å². The lowest BCUT2D eigenvalue weighted by atomic mass is 9.83. The molecule has 0 saturated carbocycles. The van der Waals surface area contributed by atoms with E-state index in [0.29, 0.717) is 0 Å². The molecule has 0 atom stereocenters. The minimum Gasteiger partial charge on any atom is -0.455 e. The first-order valence-corrected chi connectivity index (χ1v) is 19.3. The summed E-state index contributed by atoms with van der Waals surface area (Å²) >= 11 is 1.86. The highest BCUT2D eigenvalue weighted by Crippen LogP contribution is 2.51. The Morgan fingerprint density at radius 3 is 1.54 bits per heavy atom. The predicted molar refractivity (Wildman–Crippen MR) is 233 cm³/mol. The third-order valence-corrected chi connectivity index (χ3v) is 12.7. The second kappa shape index (κ2) is 11.4. The minimum atomic E-state index is 0.946. The molecule has 0 saturated heterocycles. The van der Waals surface area contributed by atoms with E-state index in [2.05, 4.69) is 182 Å². The van der Waals surface area contributed by atoms with Crippen molar-refractivity contribution in [2.24, 2.45) is 0 Å². The van der Waals surface area contributed by atoms with Crippen molar-refractivity contribution in [3.8, 4) is 33.4 Å². The number of benzene rings is 10. The molecule has 10 aromatic carbocycles. The van der Waals surface area contributed by atoms with E-state index in [9.17, 15) is 0 Å². The molecule has 12 rings (SSSR count). The minimum absolute atomic E-state index is 0.946. The van der Waals surface area contributed by atoms with Crippen LogP contribution in [0.25, 0.3) is 119 Å². The topological polar surface area (TPSA) is 13.1 Å². The molecule has 0 aliphatic heterocycles. The van der Waals surface area contributed by atoms with Gasteiger partial charge in [-0.15, -0.1) is 11.3 Å². The predicted octanol–water partition coefficient (Wildman–Crippen LogP) is 15.6. The molecule has 0 unspecified atom stereocenters. The fourth-order valence-corrected chi connectivity index (χ4v) is 10.4. The lowest BCUT2D eigenvalue weighted by Gasteiger charge is -2.19. The summed E-state index contributed by atoms with van der Waals surface area (Å²) in [4.78, 5) is 0. The second-order valence-corrected chi connectivity index (χ2v) is 15.3. The van der Waals surface area contributed by atoms with Crippen LogP contribution in [0.2, 0.25) is 0 Å². The van der Waals surface area contributed by atoms with Gasteiger partial charge in [0.2, 0.25) is 0 Å². The molecular formula is C52H30OS. The molecule has 0 spiro atoms. The zero-order chi connectivity index (χ0) is 35.3. The van der Waals surface area contributed by atoms with Crippen LogP contribution in [0.3, 0.4) is 0 Å². The molecular weight excluding hydrogens is 673 g/mol. The number of thiophene rings is 1. The molecule has 250 valence electrons. The Morgan fingerprint density at radius 1 is 0.315 bits per heavy atom. The Labute approximate surface area is 314 Å². The summed E-state index contributed by atoms with van der Waals surface area (Å²) in [5.41, 5.74) is 9.26.